The second-order valence-electron chi connectivity index (χ2n) is 31.3. The van der Waals surface area contributed by atoms with Gasteiger partial charge in [0.2, 0.25) is 56.0 Å². The van der Waals surface area contributed by atoms with Gasteiger partial charge in [-0.25, -0.2) is 46.5 Å². The van der Waals surface area contributed by atoms with Crippen molar-refractivity contribution in [2.45, 2.75) is 64.5 Å². The number of ether oxygens (including phenoxy) is 5. The Labute approximate surface area is 786 Å². The molecule has 5 fully saturated rings. The Kier molecular flexibility index (Phi) is 37.1. The number of methoxy groups -OCH3 is 1. The zero-order valence-electron chi connectivity index (χ0n) is 74.7. The number of carbonyl (C=O) groups excluding carboxylic acids is 7. The maximum Gasteiger partial charge on any atom is 0.255 e. The lowest BCUT2D eigenvalue weighted by molar-refractivity contribution is -0.115. The molecule has 0 aliphatic carbocycles. The molecule has 0 radical (unpaired) electrons. The van der Waals surface area contributed by atoms with Crippen LogP contribution in [-0.2, 0) is 107 Å². The summed E-state index contributed by atoms with van der Waals surface area (Å²) < 4.78 is 187. The molecule has 5 aliphatic heterocycles. The van der Waals surface area contributed by atoms with Gasteiger partial charge in [0.25, 0.3) is 17.7 Å². The lowest BCUT2D eigenvalue weighted by Gasteiger charge is -2.28. The fourth-order valence-electron chi connectivity index (χ4n) is 14.3. The normalized spacial score (nSPS) is 15.8. The fourth-order valence-corrected chi connectivity index (χ4v) is 23.7. The van der Waals surface area contributed by atoms with Crippen molar-refractivity contribution in [1.29, 1.82) is 0 Å². The van der Waals surface area contributed by atoms with Crippen LogP contribution in [0.5, 0.6) is 0 Å². The van der Waals surface area contributed by atoms with Crippen LogP contribution in [0.25, 0.3) is 0 Å². The monoisotopic (exact) mass is 1960 g/mol. The van der Waals surface area contributed by atoms with Crippen LogP contribution in [0.15, 0.2) is 267 Å². The van der Waals surface area contributed by atoms with Crippen molar-refractivity contribution in [1.82, 2.24) is 21.5 Å². The Hall–Kier alpha value is -11.6. The van der Waals surface area contributed by atoms with Gasteiger partial charge in [0.05, 0.1) is 93.5 Å². The van der Waals surface area contributed by atoms with Crippen LogP contribution in [0.3, 0.4) is 0 Å². The molecule has 5 saturated heterocycles. The van der Waals surface area contributed by atoms with Gasteiger partial charge < -0.3 is 45.0 Å². The molecule has 32 nitrogen and oxygen atoms in total. The zero-order chi connectivity index (χ0) is 97.1. The van der Waals surface area contributed by atoms with E-state index >= 15 is 0 Å². The molecule has 716 valence electrons. The summed E-state index contributed by atoms with van der Waals surface area (Å²) in [7, 11) is -19.3. The van der Waals surface area contributed by atoms with E-state index in [4.69, 9.17) is 23.7 Å². The number of hydrogen-bond donors (Lipinski definition) is 4. The average molecular weight is 1970 g/mol. The minimum atomic E-state index is -3.87. The maximum atomic E-state index is 13.0. The molecular weight excluding hydrogens is 1860 g/mol. The molecule has 0 bridgehead atoms. The molecule has 10 aromatic carbocycles. The van der Waals surface area contributed by atoms with Crippen molar-refractivity contribution >= 4 is 129 Å². The molecule has 39 heteroatoms. The van der Waals surface area contributed by atoms with E-state index in [9.17, 15) is 84.3 Å². The molecule has 135 heavy (non-hydrogen) atoms. The van der Waals surface area contributed by atoms with E-state index in [-0.39, 0.29) is 146 Å². The number of amides is 4. The second kappa shape index (κ2) is 48.2. The second-order valence-corrected chi connectivity index (χ2v) is 43.6. The van der Waals surface area contributed by atoms with Gasteiger partial charge in [-0.05, 0) is 162 Å². The number of anilines is 4. The van der Waals surface area contributed by atoms with E-state index in [1.165, 1.54) is 90.0 Å². The van der Waals surface area contributed by atoms with Gasteiger partial charge in [-0.1, -0.05) is 145 Å². The number of morpholine rings is 4. The van der Waals surface area contributed by atoms with Crippen molar-refractivity contribution < 1.29 is 108 Å². The molecule has 4 N–H and O–H groups in total. The number of rotatable bonds is 27. The number of aryl methyl sites for hydroxylation is 1. The van der Waals surface area contributed by atoms with Crippen LogP contribution >= 0.6 is 0 Å². The summed E-state index contributed by atoms with van der Waals surface area (Å²) in [5.41, 5.74) is 6.92. The summed E-state index contributed by atoms with van der Waals surface area (Å²) in [6.07, 6.45) is 0.895. The van der Waals surface area contributed by atoms with Gasteiger partial charge in [0, 0.05) is 124 Å². The SMILES string of the molecule is C=S1(=O)CCN(S(=O)(=O)c2ccccc2NC(=O)c2ccc(F)cc2)CC1.CC(=O)c1ccc(C(=O)Nc2ccccc2S(=O)(=O)N2CCOCC2)cc1.CC(=O)c1ccc(CC(=O)Nc2ccccc2S(=O)(=O)N2CCOCC2)cc1.COCCc1ccc(C(=O)Nc2ccccc2S(=O)(=O)N2CCOCC2)cc1.Cc1ccc(C(=O)Cc2ccccc2S(=O)(=O)N2CCOCC2)cc1. The molecule has 15 rings (SSSR count). The third kappa shape index (κ3) is 28.5. The van der Waals surface area contributed by atoms with Crippen LogP contribution in [0.4, 0.5) is 27.1 Å². The summed E-state index contributed by atoms with van der Waals surface area (Å²) >= 11 is 0. The van der Waals surface area contributed by atoms with Crippen molar-refractivity contribution in [2.75, 3.05) is 165 Å². The summed E-state index contributed by atoms with van der Waals surface area (Å²) in [6, 6.07) is 64.3. The number of benzene rings is 10. The van der Waals surface area contributed by atoms with Crippen LogP contribution in [-0.4, -0.2) is 258 Å². The van der Waals surface area contributed by atoms with Crippen molar-refractivity contribution in [3.8, 4) is 0 Å². The Morgan fingerprint density at radius 1 is 0.356 bits per heavy atom. The number of Topliss-reactive ketones (excluding diaryl/α,β-unsaturated/α-hetero) is 3. The predicted molar refractivity (Wildman–Crippen MR) is 511 cm³/mol. The lowest BCUT2D eigenvalue weighted by Crippen LogP contribution is -2.43. The first kappa shape index (κ1) is 104. The first-order valence-electron chi connectivity index (χ1n) is 42.9. The van der Waals surface area contributed by atoms with Crippen LogP contribution < -0.4 is 21.3 Å². The van der Waals surface area contributed by atoms with Crippen LogP contribution in [0, 0.1) is 12.7 Å². The summed E-state index contributed by atoms with van der Waals surface area (Å²) in [5, 5.41) is 10.7. The smallest absolute Gasteiger partial charge is 0.255 e. The van der Waals surface area contributed by atoms with Gasteiger partial charge in [0.1, 0.15) is 25.4 Å². The maximum absolute atomic E-state index is 13.0. The Bertz CT molecular complexity index is 6570. The molecular formula is C96H106FN9O23S6. The molecule has 0 saturated carbocycles. The minimum Gasteiger partial charge on any atom is -0.384 e. The Morgan fingerprint density at radius 3 is 0.993 bits per heavy atom. The minimum absolute atomic E-state index is 0.0422. The quantitative estimate of drug-likeness (QED) is 0.0274. The van der Waals surface area contributed by atoms with Crippen LogP contribution in [0.1, 0.15) is 98.2 Å². The van der Waals surface area contributed by atoms with Gasteiger partial charge in [-0.2, -0.15) is 21.5 Å². The number of halogens is 1. The van der Waals surface area contributed by atoms with Crippen molar-refractivity contribution in [2.24, 2.45) is 0 Å². The fraction of sp³-hybridized carbons (Fsp3) is 0.292. The highest BCUT2D eigenvalue weighted by Gasteiger charge is 2.36. The van der Waals surface area contributed by atoms with Crippen molar-refractivity contribution in [3.05, 3.63) is 304 Å². The van der Waals surface area contributed by atoms with Gasteiger partial charge >= 0.3 is 0 Å². The van der Waals surface area contributed by atoms with E-state index in [0.29, 0.717) is 119 Å². The molecule has 4 amide bonds. The molecule has 0 atom stereocenters. The number of sulfonamides is 5. The molecule has 0 aromatic heterocycles. The Balaban J connectivity index is 0.000000162. The van der Waals surface area contributed by atoms with E-state index < -0.39 is 77.3 Å². The molecule has 10 aromatic rings. The number of para-hydroxylation sites is 4. The Morgan fingerprint density at radius 2 is 0.637 bits per heavy atom. The summed E-state index contributed by atoms with van der Waals surface area (Å²) in [5.74, 6) is 1.66. The largest absolute Gasteiger partial charge is 0.384 e. The predicted octanol–water partition coefficient (Wildman–Crippen LogP) is 10.6. The number of hydrogen-bond acceptors (Lipinski definition) is 23. The van der Waals surface area contributed by atoms with E-state index in [0.717, 1.165) is 35.2 Å². The topological polar surface area (TPSA) is 418 Å². The third-order valence-corrected chi connectivity index (χ3v) is 33.5. The number of nitrogens with one attached hydrogen (secondary N) is 4. The first-order chi connectivity index (χ1) is 64.5. The highest BCUT2D eigenvalue weighted by molar-refractivity contribution is 8.00. The third-order valence-electron chi connectivity index (χ3n) is 21.9. The molecule has 5 aliphatic rings. The first-order valence-corrected chi connectivity index (χ1v) is 52.2. The highest BCUT2D eigenvalue weighted by Crippen LogP contribution is 2.32. The van der Waals surface area contributed by atoms with Gasteiger partial charge in [0.15, 0.2) is 17.3 Å². The molecule has 0 unspecified atom stereocenters. The number of nitrogens with zero attached hydrogens (tertiary/aromatic N) is 5. The van der Waals surface area contributed by atoms with Crippen LogP contribution in [0.2, 0.25) is 0 Å². The zero-order valence-corrected chi connectivity index (χ0v) is 79.6. The lowest BCUT2D eigenvalue weighted by atomic mass is 10.0. The van der Waals surface area contributed by atoms with Crippen molar-refractivity contribution in [3.63, 3.8) is 0 Å². The molecule has 0 spiro atoms. The highest BCUT2D eigenvalue weighted by atomic mass is 32.2. The summed E-state index contributed by atoms with van der Waals surface area (Å²) in [6.45, 7) is 11.0. The van der Waals surface area contributed by atoms with Gasteiger partial charge in [-0.3, -0.25) is 37.8 Å². The number of carbonyl (C=O) groups is 7. The molecule has 5 heterocycles. The van der Waals surface area contributed by atoms with E-state index in [1.54, 1.807) is 159 Å². The van der Waals surface area contributed by atoms with Gasteiger partial charge in [-0.15, -0.1) is 0 Å². The van der Waals surface area contributed by atoms with E-state index in [1.807, 2.05) is 31.2 Å². The summed E-state index contributed by atoms with van der Waals surface area (Å²) in [4.78, 5) is 85.6. The van der Waals surface area contributed by atoms with E-state index in [2.05, 4.69) is 27.1 Å². The number of ketones is 3. The average Bonchev–Trinajstić information content (AvgIpc) is 0.807. The standard InChI is InChI=1S/C20H24N2O5S.C20H22N2O5S.C19H20N2O5S.C19H21NO4S.C18H19FN2O4S2/c1-26-13-10-16-6-8-17(9-7-16)20(23)21-18-4-2-3-5-19(18)28(24,25)22-11-14-27-15-12-22;1-15(23)17-8-6-16(7-9-17)14-20(24)21-18-4-2-3-5-19(18)28(25,26)22-10-12-27-13-11-22;1-14(22)15-6-8-16(9-7-15)19(23)20-17-4-2-3-5-18(17)27(24,25)21-10-12-26-13-11-21;1-15-6-8-16(9-7-15)18(21)14-17-4-2-3-5-19(17)25(22,23)20-10-12-24-13-11-20;1-26(23)12-10-21(11-13-26)27(24,25)17-5-3-2-4-16(17)20-18(22)14-6-8-15(19)9-7-14/h2-9H,10-15H2,1H3,(H,21,23);2-9H,10-14H2,1H3,(H,21,24);2-9H,10-13H2,1H3,(H,20,23);2-9H,10-14H2,1H3;2-9H,1,10-13H2,(H,20,22).